The van der Waals surface area contributed by atoms with Gasteiger partial charge in [-0.1, -0.05) is 0 Å². The van der Waals surface area contributed by atoms with Gasteiger partial charge >= 0.3 is 168 Å². The molecular formula is C22H21AsN5O4S. The molecule has 1 amide bonds. The number of aryl methyl sites for hydroxylation is 1. The zero-order valence-electron chi connectivity index (χ0n) is 17.5. The summed E-state index contributed by atoms with van der Waals surface area (Å²) in [6.45, 7) is 0.894. The second kappa shape index (κ2) is 9.03. The predicted molar refractivity (Wildman–Crippen MR) is 124 cm³/mol. The molecule has 2 N–H and O–H groups in total. The number of benzene rings is 2. The first-order valence-corrected chi connectivity index (χ1v) is 14.1. The number of hydrogen-bond acceptors (Lipinski definition) is 6. The molecule has 33 heavy (non-hydrogen) atoms. The fourth-order valence-corrected chi connectivity index (χ4v) is 6.18. The van der Waals surface area contributed by atoms with Crippen LogP contribution in [-0.2, 0) is 21.5 Å². The monoisotopic (exact) mass is 526 g/mol. The Morgan fingerprint density at radius 2 is 2.03 bits per heavy atom. The maximum absolute atomic E-state index is 12.7. The second-order valence-electron chi connectivity index (χ2n) is 7.74. The van der Waals surface area contributed by atoms with E-state index in [4.69, 9.17) is 4.18 Å². The number of rotatable bonds is 9. The maximum Gasteiger partial charge on any atom is 0.0384 e. The first-order valence-electron chi connectivity index (χ1n) is 10.4. The Balaban J connectivity index is 1.23. The van der Waals surface area contributed by atoms with Crippen molar-refractivity contribution in [3.8, 4) is 5.75 Å². The minimum Gasteiger partial charge on any atom is -0.0408 e. The summed E-state index contributed by atoms with van der Waals surface area (Å²) in [4.78, 5) is 23.4. The Labute approximate surface area is 197 Å². The molecule has 2 aromatic heterocycles. The van der Waals surface area contributed by atoms with Crippen molar-refractivity contribution in [2.45, 2.75) is 29.5 Å². The van der Waals surface area contributed by atoms with E-state index >= 15 is 0 Å². The molecule has 1 aliphatic rings. The number of aromatic nitrogens is 4. The van der Waals surface area contributed by atoms with Crippen LogP contribution in [0.2, 0.25) is 5.21 Å². The van der Waals surface area contributed by atoms with Gasteiger partial charge in [0.15, 0.2) is 0 Å². The molecule has 2 heterocycles. The number of fused-ring (bicyclic) bond motifs is 1. The van der Waals surface area contributed by atoms with Gasteiger partial charge in [-0.15, -0.1) is 0 Å². The molecule has 9 nitrogen and oxygen atoms in total. The number of nitrogens with zero attached hydrogens (tertiary/aromatic N) is 3. The maximum atomic E-state index is 12.7. The Kier molecular flexibility index (Phi) is 5.95. The molecule has 4 aromatic rings. The molecule has 1 fully saturated rings. The molecule has 0 unspecified atom stereocenters. The number of nitrogens with one attached hydrogen (secondary N) is 2. The largest absolute Gasteiger partial charge is 0.0408 e. The van der Waals surface area contributed by atoms with Crippen molar-refractivity contribution in [1.82, 2.24) is 19.5 Å². The number of H-pyrrole nitrogens is 1. The fourth-order valence-electron chi connectivity index (χ4n) is 3.27. The Bertz CT molecular complexity index is 1380. The summed E-state index contributed by atoms with van der Waals surface area (Å²) < 4.78 is 34.0. The van der Waals surface area contributed by atoms with Crippen molar-refractivity contribution in [3.63, 3.8) is 0 Å². The standard InChI is InChI=1S/C22H21AsN5O4S/c29-21(15-1-2-15)27-22-25-19-8-5-17(13-20(19)26-22)32-33(30,31)18-6-3-16(4-7-18)23-9-11-28-12-10-24-14-28/h3-8,10,12-15H,1-2,9,11H2,(H2,25,26,27,29). The quantitative estimate of drug-likeness (QED) is 0.255. The van der Waals surface area contributed by atoms with Crippen molar-refractivity contribution >= 4 is 53.1 Å². The van der Waals surface area contributed by atoms with Gasteiger partial charge in [-0.25, -0.2) is 0 Å². The Hall–Kier alpha value is -3.10. The van der Waals surface area contributed by atoms with E-state index in [1.807, 2.05) is 22.9 Å². The smallest absolute Gasteiger partial charge is 0.0384 e. The van der Waals surface area contributed by atoms with Gasteiger partial charge in [-0.05, 0) is 12.8 Å². The number of amides is 1. The van der Waals surface area contributed by atoms with Gasteiger partial charge in [0, 0.05) is 5.92 Å². The van der Waals surface area contributed by atoms with Gasteiger partial charge in [0.1, 0.15) is 0 Å². The van der Waals surface area contributed by atoms with Crippen molar-refractivity contribution in [2.24, 2.45) is 5.92 Å². The average molecular weight is 526 g/mol. The van der Waals surface area contributed by atoms with Gasteiger partial charge in [-0.3, -0.25) is 4.79 Å². The van der Waals surface area contributed by atoms with Gasteiger partial charge in [0.05, 0.1) is 0 Å². The first-order chi connectivity index (χ1) is 16.0. The van der Waals surface area contributed by atoms with E-state index in [-0.39, 0.29) is 38.2 Å². The number of imidazole rings is 2. The number of hydrogen-bond donors (Lipinski definition) is 2. The molecule has 0 spiro atoms. The van der Waals surface area contributed by atoms with Gasteiger partial charge in [0.2, 0.25) is 5.91 Å². The van der Waals surface area contributed by atoms with E-state index in [0.717, 1.165) is 28.9 Å². The van der Waals surface area contributed by atoms with Crippen LogP contribution >= 0.6 is 0 Å². The molecule has 1 radical (unpaired) electrons. The van der Waals surface area contributed by atoms with Crippen LogP contribution in [0.25, 0.3) is 11.0 Å². The van der Waals surface area contributed by atoms with Crippen molar-refractivity contribution < 1.29 is 17.4 Å². The van der Waals surface area contributed by atoms with Gasteiger partial charge in [-0.2, -0.15) is 0 Å². The van der Waals surface area contributed by atoms with E-state index in [2.05, 4.69) is 20.3 Å². The summed E-state index contributed by atoms with van der Waals surface area (Å²) in [7, 11) is -3.98. The van der Waals surface area contributed by atoms with Crippen LogP contribution < -0.4 is 13.9 Å². The number of carbonyl (C=O) groups is 1. The number of anilines is 1. The van der Waals surface area contributed by atoms with E-state index < -0.39 is 10.1 Å². The average Bonchev–Trinajstić information content (AvgIpc) is 3.38. The molecule has 169 valence electrons. The summed E-state index contributed by atoms with van der Waals surface area (Å²) in [5.74, 6) is 0.516. The summed E-state index contributed by atoms with van der Waals surface area (Å²) in [5, 5.41) is 3.76. The summed E-state index contributed by atoms with van der Waals surface area (Å²) in [6, 6.07) is 11.6. The molecule has 11 heteroatoms. The minimum atomic E-state index is -3.98. The SMILES string of the molecule is O=C(Nc1nc2ccc(OS(=O)(=O)c3ccc([As]CCn4ccnc4)cc3)cc2[nH]1)C1CC1. The van der Waals surface area contributed by atoms with Crippen LogP contribution in [0.3, 0.4) is 0 Å². The molecule has 5 rings (SSSR count). The van der Waals surface area contributed by atoms with Crippen LogP contribution in [0.1, 0.15) is 12.8 Å². The van der Waals surface area contributed by atoms with Crippen LogP contribution in [0, 0.1) is 5.92 Å². The van der Waals surface area contributed by atoms with E-state index in [9.17, 15) is 13.2 Å². The first kappa shape index (κ1) is 21.7. The third-order valence-corrected chi connectivity index (χ3v) is 8.73. The molecule has 0 bridgehead atoms. The van der Waals surface area contributed by atoms with Gasteiger partial charge < -0.3 is 0 Å². The summed E-state index contributed by atoms with van der Waals surface area (Å²) in [6.07, 6.45) is 7.28. The van der Waals surface area contributed by atoms with E-state index in [1.54, 1.807) is 42.9 Å². The van der Waals surface area contributed by atoms with Crippen molar-refractivity contribution in [2.75, 3.05) is 5.32 Å². The Morgan fingerprint density at radius 1 is 1.21 bits per heavy atom. The number of aromatic amines is 1. The minimum absolute atomic E-state index is 0.0552. The third-order valence-electron chi connectivity index (χ3n) is 5.19. The molecule has 1 saturated carbocycles. The zero-order chi connectivity index (χ0) is 22.8. The van der Waals surface area contributed by atoms with Crippen LogP contribution in [-0.4, -0.2) is 49.6 Å². The normalized spacial score (nSPS) is 14.2. The molecule has 0 saturated heterocycles. The predicted octanol–water partition coefficient (Wildman–Crippen LogP) is 2.32. The summed E-state index contributed by atoms with van der Waals surface area (Å²) in [5.41, 5.74) is 1.18. The van der Waals surface area contributed by atoms with E-state index in [0.29, 0.717) is 17.0 Å². The van der Waals surface area contributed by atoms with Crippen LogP contribution in [0.5, 0.6) is 5.75 Å². The van der Waals surface area contributed by atoms with Crippen molar-refractivity contribution in [3.05, 3.63) is 61.2 Å². The Morgan fingerprint density at radius 3 is 2.76 bits per heavy atom. The topological polar surface area (TPSA) is 119 Å². The molecule has 0 atom stereocenters. The van der Waals surface area contributed by atoms with E-state index in [1.165, 1.54) is 0 Å². The third kappa shape index (κ3) is 5.29. The molecular weight excluding hydrogens is 505 g/mol. The fraction of sp³-hybridized carbons (Fsp3) is 0.227. The molecule has 1 aliphatic carbocycles. The molecule has 2 aromatic carbocycles. The molecule has 0 aliphatic heterocycles. The number of carbonyl (C=O) groups excluding carboxylic acids is 1. The van der Waals surface area contributed by atoms with Crippen LogP contribution in [0.15, 0.2) is 66.1 Å². The second-order valence-corrected chi connectivity index (χ2v) is 12.0. The summed E-state index contributed by atoms with van der Waals surface area (Å²) >= 11 is -0.0726. The van der Waals surface area contributed by atoms with Gasteiger partial charge in [0.25, 0.3) is 0 Å². The van der Waals surface area contributed by atoms with Crippen LogP contribution in [0.4, 0.5) is 5.95 Å². The van der Waals surface area contributed by atoms with Crippen molar-refractivity contribution in [1.29, 1.82) is 0 Å². The zero-order valence-corrected chi connectivity index (χ0v) is 20.2.